The summed E-state index contributed by atoms with van der Waals surface area (Å²) in [6.07, 6.45) is 15.3. The van der Waals surface area contributed by atoms with Crippen LogP contribution < -0.4 is 21.8 Å². The third-order valence-electron chi connectivity index (χ3n) is 8.77. The zero-order chi connectivity index (χ0) is 44.6. The van der Waals surface area contributed by atoms with Crippen LogP contribution in [0.15, 0.2) is 0 Å². The van der Waals surface area contributed by atoms with Gasteiger partial charge in [0.1, 0.15) is 23.4 Å². The van der Waals surface area contributed by atoms with Crippen molar-refractivity contribution in [3.63, 3.8) is 0 Å². The average molecular weight is 831 g/mol. The fourth-order valence-corrected chi connectivity index (χ4v) is 5.21. The van der Waals surface area contributed by atoms with Gasteiger partial charge in [0.2, 0.25) is 11.8 Å². The van der Waals surface area contributed by atoms with E-state index in [0.717, 1.165) is 12.8 Å². The van der Waals surface area contributed by atoms with E-state index in [2.05, 4.69) is 27.7 Å². The molecule has 8 N–H and O–H groups in total. The number of carboxylic acids is 2. The van der Waals surface area contributed by atoms with Crippen molar-refractivity contribution in [3.8, 4) is 0 Å². The first-order chi connectivity index (χ1) is 27.6. The summed E-state index contributed by atoms with van der Waals surface area (Å²) in [6, 6.07) is -1.11. The average Bonchev–Trinajstić information content (AvgIpc) is 3.18. The van der Waals surface area contributed by atoms with Crippen LogP contribution in [-0.4, -0.2) is 107 Å². The quantitative estimate of drug-likeness (QED) is 0.0348. The largest absolute Gasteiger partial charge is 0.481 e. The van der Waals surface area contributed by atoms with E-state index >= 15 is 0 Å². The highest BCUT2D eigenvalue weighted by atomic mass is 16.6. The van der Waals surface area contributed by atoms with Gasteiger partial charge in [0.05, 0.1) is 32.2 Å². The minimum absolute atomic E-state index is 0.0103. The number of nitrogens with two attached hydrogens (primary N) is 1. The van der Waals surface area contributed by atoms with Crippen LogP contribution in [0, 0.1) is 5.92 Å². The van der Waals surface area contributed by atoms with E-state index in [1.54, 1.807) is 14.0 Å². The Hall–Kier alpha value is -3.93. The third-order valence-corrected chi connectivity index (χ3v) is 8.77. The van der Waals surface area contributed by atoms with Crippen LogP contribution in [-0.2, 0) is 48.0 Å². The monoisotopic (exact) mass is 831 g/mol. The van der Waals surface area contributed by atoms with Crippen LogP contribution in [0.1, 0.15) is 162 Å². The smallest absolute Gasteiger partial charge is 0.306 e. The highest BCUT2D eigenvalue weighted by Crippen LogP contribution is 2.14. The van der Waals surface area contributed by atoms with Gasteiger partial charge in [-0.25, -0.2) is 5.90 Å². The summed E-state index contributed by atoms with van der Waals surface area (Å²) in [6.45, 7) is 5.18. The molecule has 17 nitrogen and oxygen atoms in total. The molecule has 17 heteroatoms. The van der Waals surface area contributed by atoms with Gasteiger partial charge < -0.3 is 40.9 Å². The number of carboxylic acid groups (broad SMARTS) is 2. The summed E-state index contributed by atoms with van der Waals surface area (Å²) < 4.78 is 0. The highest BCUT2D eigenvalue weighted by Gasteiger charge is 2.24. The number of likely N-dealkylation sites (N-methyl/N-ethyl adjacent to an activating group) is 1. The molecule has 0 aliphatic heterocycles. The number of unbranched alkanes of at least 4 members (excludes halogenated alkanes) is 10. The molecular weight excluding hydrogens is 756 g/mol. The Morgan fingerprint density at radius 2 is 1.21 bits per heavy atom. The van der Waals surface area contributed by atoms with Gasteiger partial charge in [-0.05, 0) is 33.2 Å². The first kappa shape index (κ1) is 58.4. The molecule has 58 heavy (non-hydrogen) atoms. The lowest BCUT2D eigenvalue weighted by molar-refractivity contribution is -0.144. The second-order valence-electron chi connectivity index (χ2n) is 14.2. The van der Waals surface area contributed by atoms with Crippen LogP contribution in [0.25, 0.3) is 0 Å². The topological polar surface area (TPSA) is 286 Å². The van der Waals surface area contributed by atoms with Gasteiger partial charge in [0.15, 0.2) is 11.6 Å². The number of aliphatic carboxylic acids is 2. The van der Waals surface area contributed by atoms with E-state index in [-0.39, 0.29) is 93.5 Å². The Balaban J connectivity index is -0.000000802. The van der Waals surface area contributed by atoms with E-state index in [1.807, 2.05) is 0 Å². The molecule has 0 bridgehead atoms. The summed E-state index contributed by atoms with van der Waals surface area (Å²) in [5, 5.41) is 34.2. The van der Waals surface area contributed by atoms with Gasteiger partial charge in [-0.15, -0.1) is 0 Å². The number of hydrogen-bond donors (Lipinski definition) is 7. The van der Waals surface area contributed by atoms with Crippen LogP contribution >= 0.6 is 0 Å². The zero-order valence-corrected chi connectivity index (χ0v) is 35.5. The van der Waals surface area contributed by atoms with Crippen molar-refractivity contribution >= 4 is 52.7 Å². The molecule has 0 aromatic heterocycles. The second kappa shape index (κ2) is 41.2. The van der Waals surface area contributed by atoms with Crippen molar-refractivity contribution in [1.82, 2.24) is 16.0 Å². The van der Waals surface area contributed by atoms with Gasteiger partial charge in [0, 0.05) is 57.8 Å². The minimum Gasteiger partial charge on any atom is -0.481 e. The molecule has 0 rings (SSSR count). The lowest BCUT2D eigenvalue weighted by Crippen LogP contribution is -2.43. The molecule has 0 fully saturated rings. The molecule has 0 aromatic carbocycles. The number of aliphatic hydroxyl groups excluding tert-OH is 1. The van der Waals surface area contributed by atoms with Crippen molar-refractivity contribution < 1.29 is 63.3 Å². The maximum atomic E-state index is 11.8. The lowest BCUT2D eigenvalue weighted by atomic mass is 9.96. The van der Waals surface area contributed by atoms with Gasteiger partial charge in [-0.2, -0.15) is 0 Å². The molecule has 0 spiro atoms. The van der Waals surface area contributed by atoms with Gasteiger partial charge in [0.25, 0.3) is 0 Å². The summed E-state index contributed by atoms with van der Waals surface area (Å²) in [5.41, 5.74) is 0. The number of nitrogens with one attached hydrogen (secondary N) is 3. The van der Waals surface area contributed by atoms with E-state index < -0.39 is 42.2 Å². The van der Waals surface area contributed by atoms with E-state index in [0.29, 0.717) is 25.9 Å². The highest BCUT2D eigenvalue weighted by molar-refractivity contribution is 5.92. The van der Waals surface area contributed by atoms with Gasteiger partial charge in [-0.3, -0.25) is 38.4 Å². The Morgan fingerprint density at radius 3 is 1.69 bits per heavy atom. The second-order valence-corrected chi connectivity index (χ2v) is 14.2. The summed E-state index contributed by atoms with van der Waals surface area (Å²) in [5.74, 6) is 0.236. The molecular formula is C41H74N4O13. The number of carbonyl (C=O) groups excluding carboxylic acids is 7. The zero-order valence-electron chi connectivity index (χ0n) is 35.5. The molecule has 0 aliphatic rings. The van der Waals surface area contributed by atoms with Crippen molar-refractivity contribution in [3.05, 3.63) is 0 Å². The number of Topliss-reactive ketones (excluding diaryl/α,β-unsaturated/α-hetero) is 5. The third kappa shape index (κ3) is 41.7. The Labute approximate surface area is 344 Å². The first-order valence-electron chi connectivity index (χ1n) is 20.7. The molecule has 2 amide bonds. The van der Waals surface area contributed by atoms with E-state index in [1.165, 1.54) is 64.7 Å². The fourth-order valence-electron chi connectivity index (χ4n) is 5.21. The predicted octanol–water partition coefficient (Wildman–Crippen LogP) is 3.94. The number of rotatable bonds is 36. The number of carbonyl (C=O) groups is 9. The van der Waals surface area contributed by atoms with Crippen LogP contribution in [0.4, 0.5) is 0 Å². The van der Waals surface area contributed by atoms with Crippen LogP contribution in [0.3, 0.4) is 0 Å². The van der Waals surface area contributed by atoms with Crippen molar-refractivity contribution in [2.75, 3.05) is 33.4 Å². The molecule has 0 heterocycles. The van der Waals surface area contributed by atoms with Crippen LogP contribution in [0.2, 0.25) is 0 Å². The normalized spacial score (nSPS) is 11.4. The fraction of sp³-hybridized carbons (Fsp3) is 0.780. The number of amides is 2. The maximum absolute atomic E-state index is 11.8. The maximum Gasteiger partial charge on any atom is 0.306 e. The molecule has 0 saturated carbocycles. The molecule has 336 valence electrons. The molecule has 0 unspecified atom stereocenters. The summed E-state index contributed by atoms with van der Waals surface area (Å²) >= 11 is 0. The Kier molecular flexibility index (Phi) is 41.5. The summed E-state index contributed by atoms with van der Waals surface area (Å²) in [7, 11) is 1.67. The molecule has 0 radical (unpaired) electrons. The number of ketones is 5. The van der Waals surface area contributed by atoms with Crippen LogP contribution in [0.5, 0.6) is 0 Å². The van der Waals surface area contributed by atoms with Crippen molar-refractivity contribution in [2.24, 2.45) is 11.8 Å². The SMILES string of the molecule is CCC(=O)C[C@@H](CCC(=O)N[C@@H](CO)C(=O)CCC(C)=O)C(=O)O.CCCCCCCCCCCCCC(=O)O.CNCC(=O)CCC(=O)NCC(=O)CCCON. The lowest BCUT2D eigenvalue weighted by Gasteiger charge is -2.16. The molecule has 0 aromatic rings. The first-order valence-corrected chi connectivity index (χ1v) is 20.7. The van der Waals surface area contributed by atoms with Gasteiger partial charge in [-0.1, -0.05) is 78.1 Å². The van der Waals surface area contributed by atoms with E-state index in [4.69, 9.17) is 21.2 Å². The number of aliphatic hydroxyl groups is 1. The van der Waals surface area contributed by atoms with E-state index in [9.17, 15) is 43.2 Å². The molecule has 2 atom stereocenters. The van der Waals surface area contributed by atoms with Gasteiger partial charge >= 0.3 is 11.9 Å². The Bertz CT molecular complexity index is 1200. The van der Waals surface area contributed by atoms with Crippen molar-refractivity contribution in [1.29, 1.82) is 0 Å². The Morgan fingerprint density at radius 1 is 0.638 bits per heavy atom. The molecule has 0 saturated heterocycles. The predicted molar refractivity (Wildman–Crippen MR) is 218 cm³/mol. The minimum atomic E-state index is -1.15. The standard InChI is InChI=1S/C16H25NO7.C14H28O2.C11H21N3O4/c1-3-12(20)8-11(16(23)24)5-7-15(22)17-13(9-18)14(21)6-4-10(2)19;1-2-3-4-5-6-7-8-9-10-11-12-13-14(15)16;1-13-7-10(16)4-5-11(17)14-8-9(15)3-2-6-18-12/h11,13,18H,3-9H2,1-2H3,(H,17,22)(H,23,24);2-13H2,1H3,(H,15,16);13H,2-8,12H2,1H3,(H,14,17)/t11-,13+;;/m1../s1. The van der Waals surface area contributed by atoms with Crippen molar-refractivity contribution in [2.45, 2.75) is 168 Å². The number of hydrogen-bond acceptors (Lipinski definition) is 13. The molecule has 0 aliphatic carbocycles. The summed E-state index contributed by atoms with van der Waals surface area (Å²) in [4.78, 5) is 105.